The lowest BCUT2D eigenvalue weighted by molar-refractivity contribution is 0.162. The minimum Gasteiger partial charge on any atom is -0.393 e. The third kappa shape index (κ3) is 2.96. The van der Waals surface area contributed by atoms with Gasteiger partial charge in [-0.05, 0) is 18.6 Å². The van der Waals surface area contributed by atoms with Crippen molar-refractivity contribution in [3.63, 3.8) is 0 Å². The lowest BCUT2D eigenvalue weighted by Gasteiger charge is -2.11. The van der Waals surface area contributed by atoms with Crippen molar-refractivity contribution in [2.45, 2.75) is 32.3 Å². The molecule has 1 N–H and O–H groups in total. The summed E-state index contributed by atoms with van der Waals surface area (Å²) in [5.74, 6) is -0.340. The van der Waals surface area contributed by atoms with Gasteiger partial charge in [-0.15, -0.1) is 0 Å². The summed E-state index contributed by atoms with van der Waals surface area (Å²) in [5.41, 5.74) is 0.412. The molecule has 0 aliphatic heterocycles. The molecular weight excluding hydrogens is 203 g/mol. The lowest BCUT2D eigenvalue weighted by atomic mass is 10.0. The van der Waals surface area contributed by atoms with Crippen molar-refractivity contribution in [2.75, 3.05) is 0 Å². The van der Waals surface area contributed by atoms with Gasteiger partial charge in [-0.1, -0.05) is 31.0 Å². The molecule has 0 aliphatic rings. The summed E-state index contributed by atoms with van der Waals surface area (Å²) in [6, 6.07) is 4.56. The van der Waals surface area contributed by atoms with Crippen molar-refractivity contribution in [2.24, 2.45) is 0 Å². The number of hydrogen-bond donors (Lipinski definition) is 1. The van der Waals surface area contributed by atoms with Gasteiger partial charge in [-0.25, -0.2) is 4.39 Å². The molecular formula is C11H14ClFO. The van der Waals surface area contributed by atoms with Crippen LogP contribution in [-0.2, 0) is 6.42 Å². The van der Waals surface area contributed by atoms with Crippen molar-refractivity contribution >= 4 is 11.6 Å². The third-order valence-electron chi connectivity index (χ3n) is 2.12. The highest BCUT2D eigenvalue weighted by molar-refractivity contribution is 6.31. The number of rotatable bonds is 4. The van der Waals surface area contributed by atoms with Crippen LogP contribution in [-0.4, -0.2) is 11.2 Å². The van der Waals surface area contributed by atoms with Gasteiger partial charge in [0.15, 0.2) is 0 Å². The Morgan fingerprint density at radius 1 is 1.50 bits per heavy atom. The zero-order valence-electron chi connectivity index (χ0n) is 8.13. The maximum Gasteiger partial charge on any atom is 0.127 e. The SMILES string of the molecule is CCC[C@@H](O)Cc1c(F)cccc1Cl. The summed E-state index contributed by atoms with van der Waals surface area (Å²) in [7, 11) is 0. The van der Waals surface area contributed by atoms with Crippen LogP contribution in [0.1, 0.15) is 25.3 Å². The molecule has 0 saturated carbocycles. The zero-order chi connectivity index (χ0) is 10.6. The first-order chi connectivity index (χ1) is 6.65. The fourth-order valence-corrected chi connectivity index (χ4v) is 1.64. The topological polar surface area (TPSA) is 20.2 Å². The number of aliphatic hydroxyl groups excluding tert-OH is 1. The van der Waals surface area contributed by atoms with E-state index in [-0.39, 0.29) is 5.82 Å². The molecule has 0 bridgehead atoms. The Bertz CT molecular complexity index is 281. The predicted octanol–water partition coefficient (Wildman–Crippen LogP) is 3.18. The number of hydrogen-bond acceptors (Lipinski definition) is 1. The molecule has 1 nitrogen and oxygen atoms in total. The van der Waals surface area contributed by atoms with Crippen LogP contribution in [0.2, 0.25) is 5.02 Å². The van der Waals surface area contributed by atoms with E-state index in [9.17, 15) is 9.50 Å². The molecule has 78 valence electrons. The van der Waals surface area contributed by atoms with E-state index < -0.39 is 6.10 Å². The second-order valence-corrected chi connectivity index (χ2v) is 3.75. The lowest BCUT2D eigenvalue weighted by Crippen LogP contribution is -2.11. The number of benzene rings is 1. The quantitative estimate of drug-likeness (QED) is 0.820. The Hall–Kier alpha value is -0.600. The fourth-order valence-electron chi connectivity index (χ4n) is 1.40. The van der Waals surface area contributed by atoms with Gasteiger partial charge in [0.1, 0.15) is 5.82 Å². The Kier molecular flexibility index (Phi) is 4.36. The highest BCUT2D eigenvalue weighted by Gasteiger charge is 2.11. The number of aliphatic hydroxyl groups is 1. The number of halogens is 2. The molecule has 14 heavy (non-hydrogen) atoms. The summed E-state index contributed by atoms with van der Waals surface area (Å²) < 4.78 is 13.3. The normalized spacial score (nSPS) is 12.9. The minimum absolute atomic E-state index is 0.291. The maximum absolute atomic E-state index is 13.3. The van der Waals surface area contributed by atoms with E-state index in [1.165, 1.54) is 6.07 Å². The first kappa shape index (κ1) is 11.5. The van der Waals surface area contributed by atoms with Gasteiger partial charge in [0.2, 0.25) is 0 Å². The monoisotopic (exact) mass is 216 g/mol. The van der Waals surface area contributed by atoms with Gasteiger partial charge in [-0.2, -0.15) is 0 Å². The van der Waals surface area contributed by atoms with Crippen LogP contribution in [0, 0.1) is 5.82 Å². The van der Waals surface area contributed by atoms with Crippen LogP contribution in [0.25, 0.3) is 0 Å². The standard InChI is InChI=1S/C11H14ClFO/c1-2-4-8(14)7-9-10(12)5-3-6-11(9)13/h3,5-6,8,14H,2,4,7H2,1H3/t8-/m1/s1. The predicted molar refractivity (Wildman–Crippen MR) is 56.0 cm³/mol. The molecule has 0 fully saturated rings. The maximum atomic E-state index is 13.3. The molecule has 0 spiro atoms. The molecule has 0 aliphatic carbocycles. The molecule has 0 saturated heterocycles. The Morgan fingerprint density at radius 2 is 2.21 bits per heavy atom. The van der Waals surface area contributed by atoms with Crippen LogP contribution in [0.5, 0.6) is 0 Å². The summed E-state index contributed by atoms with van der Waals surface area (Å²) in [6.45, 7) is 1.98. The van der Waals surface area contributed by atoms with E-state index in [1.54, 1.807) is 12.1 Å². The highest BCUT2D eigenvalue weighted by atomic mass is 35.5. The molecule has 1 aromatic carbocycles. The van der Waals surface area contributed by atoms with E-state index in [2.05, 4.69) is 0 Å². The molecule has 3 heteroatoms. The average molecular weight is 217 g/mol. The van der Waals surface area contributed by atoms with Crippen LogP contribution in [0.4, 0.5) is 4.39 Å². The molecule has 0 unspecified atom stereocenters. The summed E-state index contributed by atoms with van der Waals surface area (Å²) in [6.07, 6.45) is 1.34. The summed E-state index contributed by atoms with van der Waals surface area (Å²) in [4.78, 5) is 0. The van der Waals surface area contributed by atoms with Crippen molar-refractivity contribution < 1.29 is 9.50 Å². The molecule has 1 rings (SSSR count). The zero-order valence-corrected chi connectivity index (χ0v) is 8.89. The molecule has 0 amide bonds. The van der Waals surface area contributed by atoms with Crippen LogP contribution in [0.15, 0.2) is 18.2 Å². The summed E-state index contributed by atoms with van der Waals surface area (Å²) in [5, 5.41) is 9.92. The van der Waals surface area contributed by atoms with E-state index in [0.29, 0.717) is 23.4 Å². The smallest absolute Gasteiger partial charge is 0.127 e. The summed E-state index contributed by atoms with van der Waals surface area (Å²) >= 11 is 5.82. The van der Waals surface area contributed by atoms with Gasteiger partial charge in [-0.3, -0.25) is 0 Å². The Balaban J connectivity index is 2.75. The van der Waals surface area contributed by atoms with E-state index >= 15 is 0 Å². The van der Waals surface area contributed by atoms with Crippen molar-refractivity contribution in [1.29, 1.82) is 0 Å². The largest absolute Gasteiger partial charge is 0.393 e. The molecule has 1 aromatic rings. The van der Waals surface area contributed by atoms with Gasteiger partial charge >= 0.3 is 0 Å². The van der Waals surface area contributed by atoms with Gasteiger partial charge in [0.25, 0.3) is 0 Å². The van der Waals surface area contributed by atoms with E-state index in [1.807, 2.05) is 6.92 Å². The van der Waals surface area contributed by atoms with Crippen molar-refractivity contribution in [3.05, 3.63) is 34.6 Å². The second-order valence-electron chi connectivity index (χ2n) is 3.35. The van der Waals surface area contributed by atoms with E-state index in [0.717, 1.165) is 6.42 Å². The van der Waals surface area contributed by atoms with Gasteiger partial charge in [0, 0.05) is 17.0 Å². The fraction of sp³-hybridized carbons (Fsp3) is 0.455. The highest BCUT2D eigenvalue weighted by Crippen LogP contribution is 2.21. The van der Waals surface area contributed by atoms with Crippen molar-refractivity contribution in [3.8, 4) is 0 Å². The first-order valence-electron chi connectivity index (χ1n) is 4.76. The first-order valence-corrected chi connectivity index (χ1v) is 5.14. The van der Waals surface area contributed by atoms with Crippen LogP contribution < -0.4 is 0 Å². The van der Waals surface area contributed by atoms with Crippen LogP contribution >= 0.6 is 11.6 Å². The molecule has 0 aromatic heterocycles. The Labute approximate surface area is 88.5 Å². The average Bonchev–Trinajstić information content (AvgIpc) is 2.12. The van der Waals surface area contributed by atoms with E-state index in [4.69, 9.17) is 11.6 Å². The van der Waals surface area contributed by atoms with Gasteiger partial charge < -0.3 is 5.11 Å². The Morgan fingerprint density at radius 3 is 2.79 bits per heavy atom. The molecule has 0 radical (unpaired) electrons. The van der Waals surface area contributed by atoms with Crippen LogP contribution in [0.3, 0.4) is 0 Å². The molecule has 0 heterocycles. The molecule has 1 atom stereocenters. The second kappa shape index (κ2) is 5.32. The minimum atomic E-state index is -0.505. The van der Waals surface area contributed by atoms with Gasteiger partial charge in [0.05, 0.1) is 6.10 Å². The van der Waals surface area contributed by atoms with Crippen molar-refractivity contribution in [1.82, 2.24) is 0 Å². The third-order valence-corrected chi connectivity index (χ3v) is 2.48.